The Bertz CT molecular complexity index is 677. The van der Waals surface area contributed by atoms with E-state index in [2.05, 4.69) is 12.2 Å². The maximum Gasteiger partial charge on any atom is 0.256 e. The zero-order chi connectivity index (χ0) is 16.2. The molecule has 5 heteroatoms. The number of carbonyl (C=O) groups excluding carboxylic acids is 1. The molecular weight excluding hydrogens is 322 g/mol. The summed E-state index contributed by atoms with van der Waals surface area (Å²) in [5.74, 6) is 0.482. The van der Waals surface area contributed by atoms with Crippen LogP contribution in [-0.4, -0.2) is 29.9 Å². The Morgan fingerprint density at radius 1 is 1.17 bits per heavy atom. The lowest BCUT2D eigenvalue weighted by Gasteiger charge is -2.23. The van der Waals surface area contributed by atoms with Crippen molar-refractivity contribution in [3.63, 3.8) is 0 Å². The number of likely N-dealkylation sites (tertiary alicyclic amines) is 1. The highest BCUT2D eigenvalue weighted by molar-refractivity contribution is 6.00. The molecule has 0 aliphatic carbocycles. The molecule has 1 amide bonds. The van der Waals surface area contributed by atoms with Crippen molar-refractivity contribution < 1.29 is 4.79 Å². The SMILES string of the molecule is CC1CC(CN)CN1C(=O)c1ccccc1Nc1ccccc1.Cl. The number of carbonyl (C=O) groups is 1. The van der Waals surface area contributed by atoms with E-state index in [4.69, 9.17) is 5.73 Å². The summed E-state index contributed by atoms with van der Waals surface area (Å²) in [5, 5.41) is 3.34. The number of nitrogens with zero attached hydrogens (tertiary/aromatic N) is 1. The van der Waals surface area contributed by atoms with Crippen molar-refractivity contribution in [1.29, 1.82) is 0 Å². The van der Waals surface area contributed by atoms with Gasteiger partial charge in [-0.2, -0.15) is 0 Å². The van der Waals surface area contributed by atoms with Crippen LogP contribution >= 0.6 is 12.4 Å². The van der Waals surface area contributed by atoms with Gasteiger partial charge in [-0.1, -0.05) is 30.3 Å². The lowest BCUT2D eigenvalue weighted by Crippen LogP contribution is -2.34. The lowest BCUT2D eigenvalue weighted by atomic mass is 10.1. The van der Waals surface area contributed by atoms with Gasteiger partial charge >= 0.3 is 0 Å². The van der Waals surface area contributed by atoms with E-state index in [0.29, 0.717) is 18.0 Å². The smallest absolute Gasteiger partial charge is 0.256 e. The van der Waals surface area contributed by atoms with Gasteiger partial charge in [0.1, 0.15) is 0 Å². The molecule has 1 fully saturated rings. The Morgan fingerprint density at radius 3 is 2.50 bits per heavy atom. The second kappa shape index (κ2) is 8.18. The van der Waals surface area contributed by atoms with E-state index in [1.54, 1.807) is 0 Å². The lowest BCUT2D eigenvalue weighted by molar-refractivity contribution is 0.0744. The van der Waals surface area contributed by atoms with Gasteiger partial charge in [-0.15, -0.1) is 12.4 Å². The molecule has 1 saturated heterocycles. The van der Waals surface area contributed by atoms with Crippen LogP contribution in [0.5, 0.6) is 0 Å². The minimum atomic E-state index is 0. The van der Waals surface area contributed by atoms with E-state index in [1.807, 2.05) is 59.5 Å². The molecule has 1 aliphatic rings. The molecule has 0 bridgehead atoms. The number of rotatable bonds is 4. The van der Waals surface area contributed by atoms with E-state index in [1.165, 1.54) is 0 Å². The quantitative estimate of drug-likeness (QED) is 0.889. The minimum Gasteiger partial charge on any atom is -0.355 e. The van der Waals surface area contributed by atoms with Crippen molar-refractivity contribution in [1.82, 2.24) is 4.90 Å². The monoisotopic (exact) mass is 345 g/mol. The number of benzene rings is 2. The largest absolute Gasteiger partial charge is 0.355 e. The first-order chi connectivity index (χ1) is 11.2. The molecule has 0 spiro atoms. The van der Waals surface area contributed by atoms with E-state index in [9.17, 15) is 4.79 Å². The van der Waals surface area contributed by atoms with Crippen LogP contribution in [0.4, 0.5) is 11.4 Å². The van der Waals surface area contributed by atoms with E-state index >= 15 is 0 Å². The molecule has 2 unspecified atom stereocenters. The van der Waals surface area contributed by atoms with Crippen LogP contribution in [0.2, 0.25) is 0 Å². The highest BCUT2D eigenvalue weighted by Gasteiger charge is 2.32. The fourth-order valence-electron chi connectivity index (χ4n) is 3.21. The third-order valence-electron chi connectivity index (χ3n) is 4.47. The van der Waals surface area contributed by atoms with Crippen molar-refractivity contribution in [3.05, 3.63) is 60.2 Å². The van der Waals surface area contributed by atoms with E-state index < -0.39 is 0 Å². The standard InChI is InChI=1S/C19H23N3O.ClH/c1-14-11-15(12-20)13-22(14)19(23)17-9-5-6-10-18(17)21-16-7-3-2-4-8-16;/h2-10,14-15,21H,11-13,20H2,1H3;1H. The average Bonchev–Trinajstić information content (AvgIpc) is 2.97. The minimum absolute atomic E-state index is 0. The number of nitrogens with one attached hydrogen (secondary N) is 1. The third-order valence-corrected chi connectivity index (χ3v) is 4.47. The highest BCUT2D eigenvalue weighted by Crippen LogP contribution is 2.27. The summed E-state index contributed by atoms with van der Waals surface area (Å²) in [5.41, 5.74) is 8.30. The molecule has 2 aromatic rings. The number of para-hydroxylation sites is 2. The van der Waals surface area contributed by atoms with Gasteiger partial charge in [-0.25, -0.2) is 0 Å². The Kier molecular flexibility index (Phi) is 6.23. The van der Waals surface area contributed by atoms with Crippen LogP contribution in [0, 0.1) is 5.92 Å². The van der Waals surface area contributed by atoms with Gasteiger partial charge in [0, 0.05) is 18.3 Å². The Morgan fingerprint density at radius 2 is 1.83 bits per heavy atom. The van der Waals surface area contributed by atoms with Gasteiger partial charge in [0.15, 0.2) is 0 Å². The molecule has 0 radical (unpaired) electrons. The number of anilines is 2. The molecule has 1 heterocycles. The topological polar surface area (TPSA) is 58.4 Å². The number of halogens is 1. The molecule has 1 aliphatic heterocycles. The van der Waals surface area contributed by atoms with Crippen LogP contribution in [0.1, 0.15) is 23.7 Å². The summed E-state index contributed by atoms with van der Waals surface area (Å²) in [7, 11) is 0. The zero-order valence-corrected chi connectivity index (χ0v) is 14.6. The number of amides is 1. The predicted molar refractivity (Wildman–Crippen MR) is 101 cm³/mol. The Labute approximate surface area is 149 Å². The van der Waals surface area contributed by atoms with Crippen molar-refractivity contribution in [2.45, 2.75) is 19.4 Å². The first-order valence-corrected chi connectivity index (χ1v) is 8.11. The number of hydrogen-bond donors (Lipinski definition) is 2. The normalized spacial score (nSPS) is 19.7. The summed E-state index contributed by atoms with van der Waals surface area (Å²) in [6.07, 6.45) is 0.983. The fourth-order valence-corrected chi connectivity index (χ4v) is 3.21. The predicted octanol–water partition coefficient (Wildman–Crippen LogP) is 3.66. The van der Waals surface area contributed by atoms with Crippen LogP contribution in [-0.2, 0) is 0 Å². The van der Waals surface area contributed by atoms with Crippen LogP contribution in [0.25, 0.3) is 0 Å². The molecule has 128 valence electrons. The van der Waals surface area contributed by atoms with Gasteiger partial charge in [0.05, 0.1) is 11.3 Å². The van der Waals surface area contributed by atoms with Crippen LogP contribution in [0.3, 0.4) is 0 Å². The van der Waals surface area contributed by atoms with Crippen molar-refractivity contribution in [2.75, 3.05) is 18.4 Å². The first-order valence-electron chi connectivity index (χ1n) is 8.11. The number of hydrogen-bond acceptors (Lipinski definition) is 3. The summed E-state index contributed by atoms with van der Waals surface area (Å²) in [6.45, 7) is 3.48. The zero-order valence-electron chi connectivity index (χ0n) is 13.8. The van der Waals surface area contributed by atoms with Crippen LogP contribution < -0.4 is 11.1 Å². The molecular formula is C19H24ClN3O. The van der Waals surface area contributed by atoms with Crippen LogP contribution in [0.15, 0.2) is 54.6 Å². The molecule has 2 atom stereocenters. The fraction of sp³-hybridized carbons (Fsp3) is 0.316. The van der Waals surface area contributed by atoms with E-state index in [-0.39, 0.29) is 24.4 Å². The summed E-state index contributed by atoms with van der Waals surface area (Å²) in [4.78, 5) is 14.9. The highest BCUT2D eigenvalue weighted by atomic mass is 35.5. The first kappa shape index (κ1) is 18.3. The Hall–Kier alpha value is -2.04. The van der Waals surface area contributed by atoms with Crippen molar-refractivity contribution in [2.24, 2.45) is 11.7 Å². The average molecular weight is 346 g/mol. The molecule has 3 rings (SSSR count). The maximum absolute atomic E-state index is 13.0. The molecule has 24 heavy (non-hydrogen) atoms. The van der Waals surface area contributed by atoms with Gasteiger partial charge in [-0.05, 0) is 50.1 Å². The summed E-state index contributed by atoms with van der Waals surface area (Å²) < 4.78 is 0. The van der Waals surface area contributed by atoms with Crippen molar-refractivity contribution >= 4 is 29.7 Å². The molecule has 0 saturated carbocycles. The molecule has 3 N–H and O–H groups in total. The molecule has 2 aromatic carbocycles. The van der Waals surface area contributed by atoms with Gasteiger partial charge in [-0.3, -0.25) is 4.79 Å². The molecule has 0 aromatic heterocycles. The maximum atomic E-state index is 13.0. The second-order valence-electron chi connectivity index (χ2n) is 6.18. The molecule has 4 nitrogen and oxygen atoms in total. The van der Waals surface area contributed by atoms with Crippen molar-refractivity contribution in [3.8, 4) is 0 Å². The van der Waals surface area contributed by atoms with Gasteiger partial charge in [0.2, 0.25) is 0 Å². The summed E-state index contributed by atoms with van der Waals surface area (Å²) >= 11 is 0. The van der Waals surface area contributed by atoms with Gasteiger partial charge < -0.3 is 16.0 Å². The Balaban J connectivity index is 0.00000208. The third kappa shape index (κ3) is 3.89. The van der Waals surface area contributed by atoms with Gasteiger partial charge in [0.25, 0.3) is 5.91 Å². The second-order valence-corrected chi connectivity index (χ2v) is 6.18. The summed E-state index contributed by atoms with van der Waals surface area (Å²) in [6, 6.07) is 17.8. The van der Waals surface area contributed by atoms with E-state index in [0.717, 1.165) is 24.3 Å². The number of nitrogens with two attached hydrogens (primary N) is 1.